The Labute approximate surface area is 157 Å². The number of carbonyl (C=O) groups is 2. The lowest BCUT2D eigenvalue weighted by Gasteiger charge is -2.08. The first-order chi connectivity index (χ1) is 13.2. The van der Waals surface area contributed by atoms with Gasteiger partial charge in [0.05, 0.1) is 24.6 Å². The van der Waals surface area contributed by atoms with Crippen LogP contribution in [0.25, 0.3) is 0 Å². The highest BCUT2D eigenvalue weighted by atomic mass is 16.5. The topological polar surface area (TPSA) is 80.3 Å². The molecule has 2 N–H and O–H groups in total. The standard InChI is InChI=1S/C21H19N3O3/c1-27-21(26)16-7-9-17(10-8-16)24-18-11-12-19(22-14-18)20(25)23-13-15-5-3-2-4-6-15/h2-12,14,24H,13H2,1H3,(H,23,25). The van der Waals surface area contributed by atoms with Gasteiger partial charge in [0.1, 0.15) is 5.69 Å². The SMILES string of the molecule is COC(=O)c1ccc(Nc2ccc(C(=O)NCc3ccccc3)nc2)cc1. The fourth-order valence-electron chi connectivity index (χ4n) is 2.45. The van der Waals surface area contributed by atoms with Crippen LogP contribution in [0.2, 0.25) is 0 Å². The average Bonchev–Trinajstić information content (AvgIpc) is 2.73. The third-order valence-corrected chi connectivity index (χ3v) is 3.89. The molecule has 0 saturated carbocycles. The number of pyridine rings is 1. The van der Waals surface area contributed by atoms with Crippen molar-refractivity contribution in [2.24, 2.45) is 0 Å². The van der Waals surface area contributed by atoms with Crippen molar-refractivity contribution in [3.63, 3.8) is 0 Å². The van der Waals surface area contributed by atoms with Gasteiger partial charge in [-0.2, -0.15) is 0 Å². The molecule has 6 heteroatoms. The average molecular weight is 361 g/mol. The Kier molecular flexibility index (Phi) is 5.79. The Bertz CT molecular complexity index is 908. The van der Waals surface area contributed by atoms with Gasteiger partial charge in [-0.1, -0.05) is 30.3 Å². The van der Waals surface area contributed by atoms with E-state index in [1.165, 1.54) is 7.11 Å². The zero-order chi connectivity index (χ0) is 19.1. The number of hydrogen-bond donors (Lipinski definition) is 2. The zero-order valence-electron chi connectivity index (χ0n) is 14.8. The molecule has 2 aromatic carbocycles. The molecule has 0 aliphatic carbocycles. The van der Waals surface area contributed by atoms with Crippen LogP contribution in [0.15, 0.2) is 72.9 Å². The molecular formula is C21H19N3O3. The Hall–Kier alpha value is -3.67. The number of nitrogens with zero attached hydrogens (tertiary/aromatic N) is 1. The van der Waals surface area contributed by atoms with E-state index in [2.05, 4.69) is 20.4 Å². The van der Waals surface area contributed by atoms with Crippen LogP contribution < -0.4 is 10.6 Å². The number of amides is 1. The van der Waals surface area contributed by atoms with Crippen molar-refractivity contribution in [2.75, 3.05) is 12.4 Å². The summed E-state index contributed by atoms with van der Waals surface area (Å²) in [6, 6.07) is 20.0. The predicted molar refractivity (Wildman–Crippen MR) is 103 cm³/mol. The van der Waals surface area contributed by atoms with Gasteiger partial charge >= 0.3 is 5.97 Å². The molecule has 3 rings (SSSR count). The van der Waals surface area contributed by atoms with Crippen molar-refractivity contribution in [1.29, 1.82) is 0 Å². The molecule has 0 bridgehead atoms. The Morgan fingerprint density at radius 3 is 2.26 bits per heavy atom. The third kappa shape index (κ3) is 4.92. The lowest BCUT2D eigenvalue weighted by atomic mass is 10.2. The number of anilines is 2. The number of hydrogen-bond acceptors (Lipinski definition) is 5. The second-order valence-electron chi connectivity index (χ2n) is 5.79. The van der Waals surface area contributed by atoms with Crippen LogP contribution in [0.1, 0.15) is 26.4 Å². The number of benzene rings is 2. The second-order valence-corrected chi connectivity index (χ2v) is 5.79. The molecule has 0 fully saturated rings. The van der Waals surface area contributed by atoms with E-state index in [4.69, 9.17) is 0 Å². The summed E-state index contributed by atoms with van der Waals surface area (Å²) >= 11 is 0. The maximum atomic E-state index is 12.2. The van der Waals surface area contributed by atoms with Crippen molar-refractivity contribution >= 4 is 23.3 Å². The molecule has 0 atom stereocenters. The molecule has 0 unspecified atom stereocenters. The molecule has 1 amide bonds. The number of rotatable bonds is 6. The van der Waals surface area contributed by atoms with Gasteiger partial charge in [0, 0.05) is 12.2 Å². The summed E-state index contributed by atoms with van der Waals surface area (Å²) < 4.78 is 4.67. The molecule has 0 radical (unpaired) electrons. The van der Waals surface area contributed by atoms with Crippen LogP contribution in [-0.4, -0.2) is 24.0 Å². The lowest BCUT2D eigenvalue weighted by Crippen LogP contribution is -2.23. The van der Waals surface area contributed by atoms with Gasteiger partial charge in [0.2, 0.25) is 0 Å². The van der Waals surface area contributed by atoms with Crippen molar-refractivity contribution in [1.82, 2.24) is 10.3 Å². The fourth-order valence-corrected chi connectivity index (χ4v) is 2.45. The summed E-state index contributed by atoms with van der Waals surface area (Å²) in [5.41, 5.74) is 3.38. The molecule has 1 aromatic heterocycles. The summed E-state index contributed by atoms with van der Waals surface area (Å²) in [6.45, 7) is 0.452. The highest BCUT2D eigenvalue weighted by Gasteiger charge is 2.08. The summed E-state index contributed by atoms with van der Waals surface area (Å²) in [5, 5.41) is 6.01. The monoisotopic (exact) mass is 361 g/mol. The van der Waals surface area contributed by atoms with Crippen molar-refractivity contribution in [3.8, 4) is 0 Å². The first kappa shape index (κ1) is 18.1. The van der Waals surface area contributed by atoms with Gasteiger partial charge in [-0.3, -0.25) is 4.79 Å². The van der Waals surface area contributed by atoms with Crippen LogP contribution in [0.3, 0.4) is 0 Å². The Morgan fingerprint density at radius 1 is 0.926 bits per heavy atom. The van der Waals surface area contributed by atoms with Crippen molar-refractivity contribution < 1.29 is 14.3 Å². The van der Waals surface area contributed by atoms with E-state index in [-0.39, 0.29) is 11.9 Å². The summed E-state index contributed by atoms with van der Waals surface area (Å²) in [5.74, 6) is -0.609. The van der Waals surface area contributed by atoms with E-state index in [0.717, 1.165) is 16.9 Å². The van der Waals surface area contributed by atoms with E-state index in [1.54, 1.807) is 42.6 Å². The van der Waals surface area contributed by atoms with E-state index >= 15 is 0 Å². The summed E-state index contributed by atoms with van der Waals surface area (Å²) in [7, 11) is 1.34. The third-order valence-electron chi connectivity index (χ3n) is 3.89. The number of ether oxygens (including phenoxy) is 1. The number of esters is 1. The molecule has 1 heterocycles. The smallest absolute Gasteiger partial charge is 0.337 e. The molecule has 0 aliphatic heterocycles. The molecule has 136 valence electrons. The normalized spacial score (nSPS) is 10.1. The van der Waals surface area contributed by atoms with Gasteiger partial charge < -0.3 is 15.4 Å². The van der Waals surface area contributed by atoms with Crippen molar-refractivity contribution in [2.45, 2.75) is 6.54 Å². The van der Waals surface area contributed by atoms with Crippen LogP contribution in [0.5, 0.6) is 0 Å². The summed E-state index contributed by atoms with van der Waals surface area (Å²) in [4.78, 5) is 27.8. The number of nitrogens with one attached hydrogen (secondary N) is 2. The van der Waals surface area contributed by atoms with E-state index in [9.17, 15) is 9.59 Å². The van der Waals surface area contributed by atoms with E-state index in [1.807, 2.05) is 30.3 Å². The first-order valence-electron chi connectivity index (χ1n) is 8.39. The first-order valence-corrected chi connectivity index (χ1v) is 8.39. The maximum absolute atomic E-state index is 12.2. The van der Waals surface area contributed by atoms with Gasteiger partial charge in [0.25, 0.3) is 5.91 Å². The quantitative estimate of drug-likeness (QED) is 0.657. The molecular weight excluding hydrogens is 342 g/mol. The minimum Gasteiger partial charge on any atom is -0.465 e. The van der Waals surface area contributed by atoms with Crippen molar-refractivity contribution in [3.05, 3.63) is 89.7 Å². The van der Waals surface area contributed by atoms with Gasteiger partial charge in [0.15, 0.2) is 0 Å². The van der Waals surface area contributed by atoms with Crippen LogP contribution in [0.4, 0.5) is 11.4 Å². The second kappa shape index (κ2) is 8.62. The molecule has 6 nitrogen and oxygen atoms in total. The number of methoxy groups -OCH3 is 1. The molecule has 0 aliphatic rings. The molecule has 0 saturated heterocycles. The van der Waals surface area contributed by atoms with Gasteiger partial charge in [-0.05, 0) is 42.0 Å². The van der Waals surface area contributed by atoms with E-state index in [0.29, 0.717) is 17.8 Å². The molecule has 27 heavy (non-hydrogen) atoms. The Balaban J connectivity index is 1.58. The van der Waals surface area contributed by atoms with Crippen LogP contribution >= 0.6 is 0 Å². The maximum Gasteiger partial charge on any atom is 0.337 e. The largest absolute Gasteiger partial charge is 0.465 e. The predicted octanol–water partition coefficient (Wildman–Crippen LogP) is 3.54. The molecule has 3 aromatic rings. The highest BCUT2D eigenvalue weighted by molar-refractivity contribution is 5.92. The number of aromatic nitrogens is 1. The molecule has 0 spiro atoms. The highest BCUT2D eigenvalue weighted by Crippen LogP contribution is 2.17. The van der Waals surface area contributed by atoms with Gasteiger partial charge in [-0.25, -0.2) is 9.78 Å². The number of carbonyl (C=O) groups excluding carboxylic acids is 2. The van der Waals surface area contributed by atoms with E-state index < -0.39 is 0 Å². The minimum atomic E-state index is -0.380. The van der Waals surface area contributed by atoms with Crippen LogP contribution in [0, 0.1) is 0 Å². The van der Waals surface area contributed by atoms with Crippen LogP contribution in [-0.2, 0) is 11.3 Å². The minimum absolute atomic E-state index is 0.229. The van der Waals surface area contributed by atoms with Gasteiger partial charge in [-0.15, -0.1) is 0 Å². The summed E-state index contributed by atoms with van der Waals surface area (Å²) in [6.07, 6.45) is 1.59. The lowest BCUT2D eigenvalue weighted by molar-refractivity contribution is 0.0600. The Morgan fingerprint density at radius 2 is 1.63 bits per heavy atom. The zero-order valence-corrected chi connectivity index (χ0v) is 14.8. The fraction of sp³-hybridized carbons (Fsp3) is 0.0952.